The summed E-state index contributed by atoms with van der Waals surface area (Å²) < 4.78 is 0. The Bertz CT molecular complexity index is 327. The summed E-state index contributed by atoms with van der Waals surface area (Å²) in [7, 11) is 4.19. The molecule has 16 heavy (non-hydrogen) atoms. The van der Waals surface area contributed by atoms with Gasteiger partial charge in [0.1, 0.15) is 0 Å². The molecule has 0 spiro atoms. The van der Waals surface area contributed by atoms with Gasteiger partial charge in [-0.15, -0.1) is 0 Å². The molecule has 1 aromatic rings. The highest BCUT2D eigenvalue weighted by molar-refractivity contribution is 5.69. The van der Waals surface area contributed by atoms with Crippen molar-refractivity contribution in [2.24, 2.45) is 5.92 Å². The van der Waals surface area contributed by atoms with E-state index in [4.69, 9.17) is 0 Å². The smallest absolute Gasteiger partial charge is 0.0596 e. The van der Waals surface area contributed by atoms with Crippen LogP contribution in [0, 0.1) is 5.92 Å². The molecule has 2 rings (SSSR count). The Labute approximate surface area is 98.7 Å². The molecule has 0 bridgehead atoms. The highest BCUT2D eigenvalue weighted by Crippen LogP contribution is 2.27. The van der Waals surface area contributed by atoms with Gasteiger partial charge in [0, 0.05) is 20.6 Å². The standard InChI is InChI=1S/C14H22N2/c1-16(2)14-10-6-5-9-13(14)15-11-12-7-3-4-8-12/h5-6,9-10,12,15H,3-4,7-8,11H2,1-2H3. The molecule has 0 atom stereocenters. The zero-order valence-electron chi connectivity index (χ0n) is 10.4. The molecular formula is C14H22N2. The Morgan fingerprint density at radius 1 is 1.19 bits per heavy atom. The van der Waals surface area contributed by atoms with Gasteiger partial charge in [-0.05, 0) is 30.9 Å². The van der Waals surface area contributed by atoms with Crippen molar-refractivity contribution in [1.29, 1.82) is 0 Å². The summed E-state index contributed by atoms with van der Waals surface area (Å²) in [6.07, 6.45) is 5.64. The van der Waals surface area contributed by atoms with Crippen LogP contribution in [0.15, 0.2) is 24.3 Å². The molecule has 1 aromatic carbocycles. The van der Waals surface area contributed by atoms with Crippen LogP contribution in [0.4, 0.5) is 11.4 Å². The van der Waals surface area contributed by atoms with E-state index in [2.05, 4.69) is 48.6 Å². The predicted octanol–water partition coefficient (Wildman–Crippen LogP) is 3.35. The Morgan fingerprint density at radius 3 is 2.56 bits per heavy atom. The molecule has 0 heterocycles. The Kier molecular flexibility index (Phi) is 3.70. The van der Waals surface area contributed by atoms with E-state index in [9.17, 15) is 0 Å². The van der Waals surface area contributed by atoms with Gasteiger partial charge in [0.25, 0.3) is 0 Å². The van der Waals surface area contributed by atoms with Crippen molar-refractivity contribution >= 4 is 11.4 Å². The second kappa shape index (κ2) is 5.24. The summed E-state index contributed by atoms with van der Waals surface area (Å²) in [6.45, 7) is 1.13. The first-order valence-electron chi connectivity index (χ1n) is 6.27. The number of hydrogen-bond donors (Lipinski definition) is 1. The molecule has 0 unspecified atom stereocenters. The molecule has 1 fully saturated rings. The SMILES string of the molecule is CN(C)c1ccccc1NCC1CCCC1. The molecular weight excluding hydrogens is 196 g/mol. The first-order chi connectivity index (χ1) is 7.77. The van der Waals surface area contributed by atoms with Gasteiger partial charge in [-0.3, -0.25) is 0 Å². The number of hydrogen-bond acceptors (Lipinski definition) is 2. The lowest BCUT2D eigenvalue weighted by Gasteiger charge is -2.19. The van der Waals surface area contributed by atoms with E-state index in [0.717, 1.165) is 12.5 Å². The molecule has 88 valence electrons. The van der Waals surface area contributed by atoms with Crippen LogP contribution < -0.4 is 10.2 Å². The van der Waals surface area contributed by atoms with Crippen molar-refractivity contribution in [3.05, 3.63) is 24.3 Å². The fourth-order valence-corrected chi connectivity index (χ4v) is 2.48. The van der Waals surface area contributed by atoms with Gasteiger partial charge in [0.2, 0.25) is 0 Å². The second-order valence-corrected chi connectivity index (χ2v) is 4.94. The summed E-state index contributed by atoms with van der Waals surface area (Å²) in [4.78, 5) is 2.16. The maximum absolute atomic E-state index is 3.59. The largest absolute Gasteiger partial charge is 0.383 e. The third kappa shape index (κ3) is 2.69. The molecule has 1 N–H and O–H groups in total. The van der Waals surface area contributed by atoms with Gasteiger partial charge in [-0.2, -0.15) is 0 Å². The number of nitrogens with one attached hydrogen (secondary N) is 1. The highest BCUT2D eigenvalue weighted by Gasteiger charge is 2.14. The van der Waals surface area contributed by atoms with Crippen LogP contribution in [0.2, 0.25) is 0 Å². The van der Waals surface area contributed by atoms with Crippen LogP contribution in [0.1, 0.15) is 25.7 Å². The molecule has 1 aliphatic rings. The van der Waals surface area contributed by atoms with Gasteiger partial charge in [0.05, 0.1) is 11.4 Å². The molecule has 0 aliphatic heterocycles. The summed E-state index contributed by atoms with van der Waals surface area (Å²) in [5, 5.41) is 3.59. The second-order valence-electron chi connectivity index (χ2n) is 4.94. The van der Waals surface area contributed by atoms with Crippen LogP contribution in [-0.4, -0.2) is 20.6 Å². The van der Waals surface area contributed by atoms with E-state index in [1.54, 1.807) is 0 Å². The van der Waals surface area contributed by atoms with E-state index in [1.165, 1.54) is 37.1 Å². The van der Waals surface area contributed by atoms with Crippen molar-refractivity contribution < 1.29 is 0 Å². The van der Waals surface area contributed by atoms with Crippen LogP contribution >= 0.6 is 0 Å². The molecule has 0 aromatic heterocycles. The van der Waals surface area contributed by atoms with Crippen LogP contribution in [0.25, 0.3) is 0 Å². The Hall–Kier alpha value is -1.18. The minimum absolute atomic E-state index is 0.884. The minimum atomic E-state index is 0.884. The van der Waals surface area contributed by atoms with E-state index >= 15 is 0 Å². The zero-order chi connectivity index (χ0) is 11.4. The average Bonchev–Trinajstić information content (AvgIpc) is 2.79. The number of para-hydroxylation sites is 2. The van der Waals surface area contributed by atoms with E-state index in [-0.39, 0.29) is 0 Å². The topological polar surface area (TPSA) is 15.3 Å². The van der Waals surface area contributed by atoms with Crippen molar-refractivity contribution in [1.82, 2.24) is 0 Å². The monoisotopic (exact) mass is 218 g/mol. The fraction of sp³-hybridized carbons (Fsp3) is 0.571. The van der Waals surface area contributed by atoms with E-state index < -0.39 is 0 Å². The van der Waals surface area contributed by atoms with E-state index in [0.29, 0.717) is 0 Å². The lowest BCUT2D eigenvalue weighted by atomic mass is 10.1. The van der Waals surface area contributed by atoms with Crippen LogP contribution in [-0.2, 0) is 0 Å². The number of nitrogens with zero attached hydrogens (tertiary/aromatic N) is 1. The quantitative estimate of drug-likeness (QED) is 0.833. The third-order valence-corrected chi connectivity index (χ3v) is 3.44. The van der Waals surface area contributed by atoms with Crippen molar-refractivity contribution in [2.45, 2.75) is 25.7 Å². The maximum atomic E-state index is 3.59. The number of benzene rings is 1. The molecule has 2 heteroatoms. The van der Waals surface area contributed by atoms with Gasteiger partial charge in [-0.1, -0.05) is 25.0 Å². The first-order valence-corrected chi connectivity index (χ1v) is 6.27. The van der Waals surface area contributed by atoms with Gasteiger partial charge < -0.3 is 10.2 Å². The lowest BCUT2D eigenvalue weighted by Crippen LogP contribution is -2.15. The predicted molar refractivity (Wildman–Crippen MR) is 71.2 cm³/mol. The summed E-state index contributed by atoms with van der Waals surface area (Å²) in [6, 6.07) is 8.53. The normalized spacial score (nSPS) is 16.4. The average molecular weight is 218 g/mol. The number of rotatable bonds is 4. The van der Waals surface area contributed by atoms with Crippen LogP contribution in [0.3, 0.4) is 0 Å². The molecule has 1 aliphatic carbocycles. The van der Waals surface area contributed by atoms with Gasteiger partial charge in [-0.25, -0.2) is 0 Å². The van der Waals surface area contributed by atoms with Crippen molar-refractivity contribution in [3.63, 3.8) is 0 Å². The maximum Gasteiger partial charge on any atom is 0.0596 e. The Balaban J connectivity index is 1.97. The Morgan fingerprint density at radius 2 is 1.88 bits per heavy atom. The number of anilines is 2. The third-order valence-electron chi connectivity index (χ3n) is 3.44. The van der Waals surface area contributed by atoms with E-state index in [1.807, 2.05) is 0 Å². The van der Waals surface area contributed by atoms with Gasteiger partial charge >= 0.3 is 0 Å². The van der Waals surface area contributed by atoms with Crippen molar-refractivity contribution in [3.8, 4) is 0 Å². The zero-order valence-corrected chi connectivity index (χ0v) is 10.4. The molecule has 1 saturated carbocycles. The summed E-state index contributed by atoms with van der Waals surface area (Å²) in [5.74, 6) is 0.884. The summed E-state index contributed by atoms with van der Waals surface area (Å²) >= 11 is 0. The van der Waals surface area contributed by atoms with Crippen molar-refractivity contribution in [2.75, 3.05) is 30.9 Å². The molecule has 0 saturated heterocycles. The summed E-state index contributed by atoms with van der Waals surface area (Å²) in [5.41, 5.74) is 2.54. The molecule has 0 amide bonds. The molecule has 2 nitrogen and oxygen atoms in total. The minimum Gasteiger partial charge on any atom is -0.383 e. The highest BCUT2D eigenvalue weighted by atomic mass is 15.1. The lowest BCUT2D eigenvalue weighted by molar-refractivity contribution is 0.580. The fourth-order valence-electron chi connectivity index (χ4n) is 2.48. The first kappa shape index (κ1) is 11.3. The molecule has 0 radical (unpaired) electrons. The van der Waals surface area contributed by atoms with Gasteiger partial charge in [0.15, 0.2) is 0 Å². The van der Waals surface area contributed by atoms with Crippen LogP contribution in [0.5, 0.6) is 0 Å².